The quantitative estimate of drug-likeness (QED) is 0.784. The summed E-state index contributed by atoms with van der Waals surface area (Å²) in [7, 11) is 0. The Morgan fingerprint density at radius 1 is 1.53 bits per heavy atom. The zero-order valence-corrected chi connectivity index (χ0v) is 13.2. The van der Waals surface area contributed by atoms with E-state index in [1.165, 1.54) is 6.07 Å². The predicted octanol–water partition coefficient (Wildman–Crippen LogP) is 3.15. The van der Waals surface area contributed by atoms with E-state index in [1.807, 2.05) is 0 Å². The molecule has 1 amide bonds. The maximum absolute atomic E-state index is 13.7. The summed E-state index contributed by atoms with van der Waals surface area (Å²) in [5, 5.41) is 6.26. The van der Waals surface area contributed by atoms with Crippen LogP contribution in [0, 0.1) is 5.82 Å². The Hall–Kier alpha value is -0.360. The monoisotopic (exact) mass is 370 g/mol. The summed E-state index contributed by atoms with van der Waals surface area (Å²) in [5.74, 6) is -1.01. The number of amides is 1. The van der Waals surface area contributed by atoms with Gasteiger partial charge in [-0.05, 0) is 47.4 Å². The lowest BCUT2D eigenvalue weighted by Crippen LogP contribution is -2.45. The molecule has 0 radical (unpaired) electrons. The molecule has 0 aliphatic carbocycles. The molecule has 1 heterocycles. The number of hydrogen-bond donors (Lipinski definition) is 2. The van der Waals surface area contributed by atoms with Gasteiger partial charge in [-0.1, -0.05) is 11.6 Å². The van der Waals surface area contributed by atoms with Crippen molar-refractivity contribution in [2.45, 2.75) is 18.9 Å². The average molecular weight is 372 g/mol. The molecule has 19 heavy (non-hydrogen) atoms. The minimum Gasteiger partial charge on any atom is -0.348 e. The second kappa shape index (κ2) is 7.43. The van der Waals surface area contributed by atoms with E-state index in [0.29, 0.717) is 4.47 Å². The zero-order valence-electron chi connectivity index (χ0n) is 10.0. The first-order valence-electron chi connectivity index (χ1n) is 5.74. The van der Waals surface area contributed by atoms with Gasteiger partial charge in [-0.15, -0.1) is 12.4 Å². The molecule has 1 aliphatic heterocycles. The number of rotatable bonds is 2. The van der Waals surface area contributed by atoms with Gasteiger partial charge in [-0.3, -0.25) is 4.79 Å². The second-order valence-corrected chi connectivity index (χ2v) is 5.52. The molecule has 1 aromatic rings. The Morgan fingerprint density at radius 2 is 2.26 bits per heavy atom. The Morgan fingerprint density at radius 3 is 2.89 bits per heavy atom. The maximum atomic E-state index is 13.7. The summed E-state index contributed by atoms with van der Waals surface area (Å²) >= 11 is 8.94. The van der Waals surface area contributed by atoms with E-state index in [0.717, 1.165) is 32.0 Å². The van der Waals surface area contributed by atoms with E-state index in [2.05, 4.69) is 26.6 Å². The number of benzene rings is 1. The summed E-state index contributed by atoms with van der Waals surface area (Å²) in [5.41, 5.74) is 0.0110. The van der Waals surface area contributed by atoms with E-state index >= 15 is 0 Å². The molecular formula is C12H14BrCl2FN2O. The lowest BCUT2D eigenvalue weighted by molar-refractivity contribution is 0.0926. The van der Waals surface area contributed by atoms with E-state index in [-0.39, 0.29) is 29.0 Å². The summed E-state index contributed by atoms with van der Waals surface area (Å²) in [4.78, 5) is 12.0. The Balaban J connectivity index is 0.00000180. The number of nitrogens with one attached hydrogen (secondary N) is 2. The van der Waals surface area contributed by atoms with Crippen molar-refractivity contribution in [2.24, 2.45) is 0 Å². The van der Waals surface area contributed by atoms with Gasteiger partial charge in [0.2, 0.25) is 0 Å². The molecule has 0 saturated carbocycles. The van der Waals surface area contributed by atoms with E-state index in [1.54, 1.807) is 0 Å². The standard InChI is InChI=1S/C12H13BrClFN2O.ClH/c13-9-4-8(11(15)5-10(9)14)12(18)17-7-2-1-3-16-6-7;/h4-5,7,16H,1-3,6H2,(H,17,18);1H/t7-;/m1./s1. The van der Waals surface area contributed by atoms with Crippen molar-refractivity contribution in [2.75, 3.05) is 13.1 Å². The van der Waals surface area contributed by atoms with Gasteiger partial charge in [-0.25, -0.2) is 4.39 Å². The molecule has 0 bridgehead atoms. The molecule has 106 valence electrons. The maximum Gasteiger partial charge on any atom is 0.254 e. The van der Waals surface area contributed by atoms with Gasteiger partial charge in [-0.2, -0.15) is 0 Å². The van der Waals surface area contributed by atoms with Crippen LogP contribution in [0.3, 0.4) is 0 Å². The van der Waals surface area contributed by atoms with Crippen molar-refractivity contribution in [1.29, 1.82) is 0 Å². The van der Waals surface area contributed by atoms with Crippen LogP contribution in [0.2, 0.25) is 5.02 Å². The van der Waals surface area contributed by atoms with Gasteiger partial charge in [0.1, 0.15) is 5.82 Å². The first kappa shape index (κ1) is 16.7. The van der Waals surface area contributed by atoms with Crippen molar-refractivity contribution in [1.82, 2.24) is 10.6 Å². The summed E-state index contributed by atoms with van der Waals surface area (Å²) in [6.45, 7) is 1.69. The third-order valence-corrected chi connectivity index (χ3v) is 4.08. The normalized spacial score (nSPS) is 18.6. The lowest BCUT2D eigenvalue weighted by atomic mass is 10.1. The number of hydrogen-bond acceptors (Lipinski definition) is 2. The molecule has 0 aromatic heterocycles. The molecule has 1 aromatic carbocycles. The minimum absolute atomic E-state index is 0. The molecule has 1 atom stereocenters. The van der Waals surface area contributed by atoms with Crippen LogP contribution in [0.25, 0.3) is 0 Å². The van der Waals surface area contributed by atoms with Gasteiger partial charge in [0, 0.05) is 17.1 Å². The molecule has 0 unspecified atom stereocenters. The SMILES string of the molecule is Cl.O=C(N[C@@H]1CCCNC1)c1cc(Br)c(Cl)cc1F. The van der Waals surface area contributed by atoms with Crippen molar-refractivity contribution in [3.63, 3.8) is 0 Å². The first-order valence-corrected chi connectivity index (χ1v) is 6.91. The van der Waals surface area contributed by atoms with Crippen LogP contribution >= 0.6 is 39.9 Å². The molecule has 7 heteroatoms. The largest absolute Gasteiger partial charge is 0.348 e. The molecule has 2 N–H and O–H groups in total. The topological polar surface area (TPSA) is 41.1 Å². The van der Waals surface area contributed by atoms with Crippen LogP contribution in [0.1, 0.15) is 23.2 Å². The van der Waals surface area contributed by atoms with E-state index in [9.17, 15) is 9.18 Å². The lowest BCUT2D eigenvalue weighted by Gasteiger charge is -2.23. The fraction of sp³-hybridized carbons (Fsp3) is 0.417. The van der Waals surface area contributed by atoms with Crippen LogP contribution in [-0.2, 0) is 0 Å². The Kier molecular flexibility index (Phi) is 6.53. The highest BCUT2D eigenvalue weighted by Gasteiger charge is 2.19. The smallest absolute Gasteiger partial charge is 0.254 e. The van der Waals surface area contributed by atoms with E-state index < -0.39 is 11.7 Å². The van der Waals surface area contributed by atoms with Crippen molar-refractivity contribution in [3.8, 4) is 0 Å². The average Bonchev–Trinajstić information content (AvgIpc) is 2.35. The van der Waals surface area contributed by atoms with Crippen molar-refractivity contribution < 1.29 is 9.18 Å². The zero-order chi connectivity index (χ0) is 13.1. The van der Waals surface area contributed by atoms with Crippen LogP contribution < -0.4 is 10.6 Å². The highest BCUT2D eigenvalue weighted by molar-refractivity contribution is 9.10. The summed E-state index contributed by atoms with van der Waals surface area (Å²) in [6, 6.07) is 2.60. The molecule has 1 aliphatic rings. The van der Waals surface area contributed by atoms with Crippen molar-refractivity contribution >= 4 is 45.8 Å². The second-order valence-electron chi connectivity index (χ2n) is 4.26. The first-order chi connectivity index (χ1) is 8.58. The Bertz CT molecular complexity index is 467. The van der Waals surface area contributed by atoms with Gasteiger partial charge < -0.3 is 10.6 Å². The third kappa shape index (κ3) is 4.31. The summed E-state index contributed by atoms with van der Waals surface area (Å²) in [6.07, 6.45) is 1.92. The molecule has 1 fully saturated rings. The van der Waals surface area contributed by atoms with Crippen LogP contribution in [0.15, 0.2) is 16.6 Å². The molecule has 0 spiro atoms. The summed E-state index contributed by atoms with van der Waals surface area (Å²) < 4.78 is 14.2. The highest BCUT2D eigenvalue weighted by atomic mass is 79.9. The molecular weight excluding hydrogens is 358 g/mol. The molecule has 3 nitrogen and oxygen atoms in total. The Labute approximate surface area is 130 Å². The fourth-order valence-electron chi connectivity index (χ4n) is 1.93. The van der Waals surface area contributed by atoms with Gasteiger partial charge in [0.25, 0.3) is 5.91 Å². The van der Waals surface area contributed by atoms with Gasteiger partial charge in [0.05, 0.1) is 10.6 Å². The van der Waals surface area contributed by atoms with Gasteiger partial charge >= 0.3 is 0 Å². The highest BCUT2D eigenvalue weighted by Crippen LogP contribution is 2.25. The number of piperidine rings is 1. The van der Waals surface area contributed by atoms with Crippen LogP contribution in [0.5, 0.6) is 0 Å². The fourth-order valence-corrected chi connectivity index (χ4v) is 2.43. The number of halogens is 4. The van der Waals surface area contributed by atoms with Crippen molar-refractivity contribution in [3.05, 3.63) is 33.0 Å². The molecule has 2 rings (SSSR count). The van der Waals surface area contributed by atoms with Crippen LogP contribution in [0.4, 0.5) is 4.39 Å². The number of carbonyl (C=O) groups excluding carboxylic acids is 1. The van der Waals surface area contributed by atoms with Crippen LogP contribution in [-0.4, -0.2) is 25.0 Å². The molecule has 1 saturated heterocycles. The van der Waals surface area contributed by atoms with Gasteiger partial charge in [0.15, 0.2) is 0 Å². The van der Waals surface area contributed by atoms with E-state index in [4.69, 9.17) is 11.6 Å². The minimum atomic E-state index is -0.607. The third-order valence-electron chi connectivity index (χ3n) is 2.89. The number of carbonyl (C=O) groups is 1. The predicted molar refractivity (Wildman–Crippen MR) is 79.7 cm³/mol.